The molecule has 2 rings (SSSR count). The van der Waals surface area contributed by atoms with E-state index < -0.39 is 0 Å². The van der Waals surface area contributed by atoms with Crippen molar-refractivity contribution in [3.63, 3.8) is 0 Å². The maximum Gasteiger partial charge on any atom is 0.189 e. The van der Waals surface area contributed by atoms with Gasteiger partial charge < -0.3 is 20.8 Å². The van der Waals surface area contributed by atoms with Gasteiger partial charge in [-0.25, -0.2) is 4.99 Å². The summed E-state index contributed by atoms with van der Waals surface area (Å²) < 4.78 is 5.03. The highest BCUT2D eigenvalue weighted by molar-refractivity contribution is 5.80. The van der Waals surface area contributed by atoms with Crippen LogP contribution in [0.3, 0.4) is 0 Å². The second-order valence-corrected chi connectivity index (χ2v) is 4.58. The number of guanidine groups is 1. The Morgan fingerprint density at radius 2 is 2.26 bits per heavy atom. The Morgan fingerprint density at radius 1 is 1.47 bits per heavy atom. The van der Waals surface area contributed by atoms with Gasteiger partial charge in [0.2, 0.25) is 0 Å². The molecular formula is C14H20N4O. The quantitative estimate of drug-likeness (QED) is 0.564. The van der Waals surface area contributed by atoms with E-state index >= 15 is 0 Å². The number of aromatic nitrogens is 1. The van der Waals surface area contributed by atoms with Crippen LogP contribution in [0.5, 0.6) is 0 Å². The molecule has 0 amide bonds. The third-order valence-electron chi connectivity index (χ3n) is 2.82. The minimum Gasteiger partial charge on any atom is -0.383 e. The molecule has 1 heterocycles. The van der Waals surface area contributed by atoms with Crippen molar-refractivity contribution in [2.24, 2.45) is 10.7 Å². The Bertz CT molecular complexity index is 528. The van der Waals surface area contributed by atoms with Crippen LogP contribution in [0.15, 0.2) is 35.3 Å². The highest BCUT2D eigenvalue weighted by Crippen LogP contribution is 2.14. The molecule has 0 spiro atoms. The highest BCUT2D eigenvalue weighted by atomic mass is 16.5. The SMILES string of the molecule is COCC(C)NC(N)=NCc1cc2ccccc2[nH]1. The second kappa shape index (κ2) is 6.24. The van der Waals surface area contributed by atoms with Crippen molar-refractivity contribution < 1.29 is 4.74 Å². The lowest BCUT2D eigenvalue weighted by atomic mass is 10.2. The molecule has 0 aliphatic carbocycles. The van der Waals surface area contributed by atoms with Gasteiger partial charge in [0.1, 0.15) is 0 Å². The first-order chi connectivity index (χ1) is 9.19. The largest absolute Gasteiger partial charge is 0.383 e. The number of nitrogens with two attached hydrogens (primary N) is 1. The van der Waals surface area contributed by atoms with Crippen molar-refractivity contribution in [2.45, 2.75) is 19.5 Å². The normalized spacial score (nSPS) is 13.7. The van der Waals surface area contributed by atoms with Crippen molar-refractivity contribution in [2.75, 3.05) is 13.7 Å². The number of H-pyrrole nitrogens is 1. The van der Waals surface area contributed by atoms with Crippen LogP contribution in [0.25, 0.3) is 10.9 Å². The standard InChI is InChI=1S/C14H20N4O/c1-10(9-19-2)17-14(15)16-8-12-7-11-5-3-4-6-13(11)18-12/h3-7,10,18H,8-9H2,1-2H3,(H3,15,16,17). The number of fused-ring (bicyclic) bond motifs is 1. The maximum atomic E-state index is 5.82. The van der Waals surface area contributed by atoms with Crippen LogP contribution < -0.4 is 11.1 Å². The summed E-state index contributed by atoms with van der Waals surface area (Å²) in [6.07, 6.45) is 0. The Labute approximate surface area is 112 Å². The molecule has 0 saturated carbocycles. The van der Waals surface area contributed by atoms with Gasteiger partial charge in [0.05, 0.1) is 13.2 Å². The van der Waals surface area contributed by atoms with Gasteiger partial charge in [0.15, 0.2) is 5.96 Å². The number of rotatable bonds is 5. The molecule has 2 aromatic rings. The Kier molecular flexibility index (Phi) is 4.41. The van der Waals surface area contributed by atoms with Crippen molar-refractivity contribution in [1.29, 1.82) is 0 Å². The molecular weight excluding hydrogens is 240 g/mol. The average molecular weight is 260 g/mol. The average Bonchev–Trinajstić information content (AvgIpc) is 2.79. The van der Waals surface area contributed by atoms with Crippen LogP contribution in [0.2, 0.25) is 0 Å². The zero-order valence-corrected chi connectivity index (χ0v) is 11.3. The van der Waals surface area contributed by atoms with Crippen molar-refractivity contribution in [3.05, 3.63) is 36.0 Å². The van der Waals surface area contributed by atoms with E-state index in [1.165, 1.54) is 5.39 Å². The Morgan fingerprint density at radius 3 is 3.00 bits per heavy atom. The van der Waals surface area contributed by atoms with Gasteiger partial charge >= 0.3 is 0 Å². The number of methoxy groups -OCH3 is 1. The number of hydrogen-bond acceptors (Lipinski definition) is 2. The number of benzene rings is 1. The number of aromatic amines is 1. The van der Waals surface area contributed by atoms with E-state index in [2.05, 4.69) is 27.4 Å². The number of para-hydroxylation sites is 1. The van der Waals surface area contributed by atoms with Gasteiger partial charge in [-0.1, -0.05) is 18.2 Å². The number of ether oxygens (including phenoxy) is 1. The zero-order valence-electron chi connectivity index (χ0n) is 11.3. The predicted octanol–water partition coefficient (Wildman–Crippen LogP) is 1.61. The van der Waals surface area contributed by atoms with Crippen LogP contribution in [0, 0.1) is 0 Å². The van der Waals surface area contributed by atoms with Crippen LogP contribution >= 0.6 is 0 Å². The number of nitrogens with zero attached hydrogens (tertiary/aromatic N) is 1. The lowest BCUT2D eigenvalue weighted by Crippen LogP contribution is -2.40. The molecule has 19 heavy (non-hydrogen) atoms. The number of nitrogens with one attached hydrogen (secondary N) is 2. The van der Waals surface area contributed by atoms with E-state index in [1.54, 1.807) is 7.11 Å². The smallest absolute Gasteiger partial charge is 0.189 e. The lowest BCUT2D eigenvalue weighted by Gasteiger charge is -2.12. The van der Waals surface area contributed by atoms with Crippen LogP contribution in [-0.2, 0) is 11.3 Å². The van der Waals surface area contributed by atoms with Crippen molar-refractivity contribution in [3.8, 4) is 0 Å². The van der Waals surface area contributed by atoms with E-state index in [1.807, 2.05) is 25.1 Å². The fraction of sp³-hybridized carbons (Fsp3) is 0.357. The van der Waals surface area contributed by atoms with E-state index in [9.17, 15) is 0 Å². The summed E-state index contributed by atoms with van der Waals surface area (Å²) in [7, 11) is 1.66. The zero-order chi connectivity index (χ0) is 13.7. The number of aliphatic imine (C=N–C) groups is 1. The molecule has 0 saturated heterocycles. The monoisotopic (exact) mass is 260 g/mol. The number of hydrogen-bond donors (Lipinski definition) is 3. The molecule has 1 aromatic heterocycles. The van der Waals surface area contributed by atoms with Gasteiger partial charge in [0, 0.05) is 24.4 Å². The molecule has 102 valence electrons. The summed E-state index contributed by atoms with van der Waals surface area (Å²) in [6, 6.07) is 10.4. The minimum atomic E-state index is 0.150. The van der Waals surface area contributed by atoms with Gasteiger partial charge in [-0.3, -0.25) is 0 Å². The Hall–Kier alpha value is -2.01. The fourth-order valence-electron chi connectivity index (χ4n) is 1.98. The van der Waals surface area contributed by atoms with Gasteiger partial charge in [-0.05, 0) is 24.4 Å². The molecule has 0 radical (unpaired) electrons. The first-order valence-corrected chi connectivity index (χ1v) is 6.31. The van der Waals surface area contributed by atoms with E-state index in [-0.39, 0.29) is 6.04 Å². The van der Waals surface area contributed by atoms with E-state index in [0.717, 1.165) is 11.2 Å². The predicted molar refractivity (Wildman–Crippen MR) is 78.1 cm³/mol. The summed E-state index contributed by atoms with van der Waals surface area (Å²) in [5.41, 5.74) is 7.98. The second-order valence-electron chi connectivity index (χ2n) is 4.58. The Balaban J connectivity index is 1.97. The summed E-state index contributed by atoms with van der Waals surface area (Å²) in [6.45, 7) is 3.13. The highest BCUT2D eigenvalue weighted by Gasteiger charge is 2.02. The van der Waals surface area contributed by atoms with Crippen molar-refractivity contribution in [1.82, 2.24) is 10.3 Å². The summed E-state index contributed by atoms with van der Waals surface area (Å²) in [4.78, 5) is 7.62. The summed E-state index contributed by atoms with van der Waals surface area (Å²) in [5.74, 6) is 0.434. The summed E-state index contributed by atoms with van der Waals surface area (Å²) in [5, 5.41) is 4.26. The molecule has 5 nitrogen and oxygen atoms in total. The molecule has 0 bridgehead atoms. The first-order valence-electron chi connectivity index (χ1n) is 6.31. The van der Waals surface area contributed by atoms with Crippen LogP contribution in [0.4, 0.5) is 0 Å². The molecule has 1 aromatic carbocycles. The molecule has 1 unspecified atom stereocenters. The van der Waals surface area contributed by atoms with Crippen LogP contribution in [-0.4, -0.2) is 30.7 Å². The van der Waals surface area contributed by atoms with Crippen LogP contribution in [0.1, 0.15) is 12.6 Å². The molecule has 1 atom stereocenters. The van der Waals surface area contributed by atoms with Crippen molar-refractivity contribution >= 4 is 16.9 Å². The molecule has 4 N–H and O–H groups in total. The first kappa shape index (κ1) is 13.4. The molecule has 5 heteroatoms. The van der Waals surface area contributed by atoms with E-state index in [0.29, 0.717) is 19.1 Å². The maximum absolute atomic E-state index is 5.82. The topological polar surface area (TPSA) is 75.4 Å². The molecule has 0 aliphatic heterocycles. The van der Waals surface area contributed by atoms with Gasteiger partial charge in [0.25, 0.3) is 0 Å². The van der Waals surface area contributed by atoms with Gasteiger partial charge in [-0.15, -0.1) is 0 Å². The third-order valence-corrected chi connectivity index (χ3v) is 2.82. The van der Waals surface area contributed by atoms with Gasteiger partial charge in [-0.2, -0.15) is 0 Å². The van der Waals surface area contributed by atoms with E-state index in [4.69, 9.17) is 10.5 Å². The fourth-order valence-corrected chi connectivity index (χ4v) is 1.98. The molecule has 0 fully saturated rings. The minimum absolute atomic E-state index is 0.150. The lowest BCUT2D eigenvalue weighted by molar-refractivity contribution is 0.179. The molecule has 0 aliphatic rings. The summed E-state index contributed by atoms with van der Waals surface area (Å²) >= 11 is 0. The third kappa shape index (κ3) is 3.72.